The highest BCUT2D eigenvalue weighted by molar-refractivity contribution is 6.13. The molecule has 266 valence electrons. The van der Waals surface area contributed by atoms with Crippen molar-refractivity contribution in [3.8, 4) is 44.8 Å². The van der Waals surface area contributed by atoms with Crippen molar-refractivity contribution in [1.82, 2.24) is 14.1 Å². The van der Waals surface area contributed by atoms with E-state index in [1.165, 1.54) is 54.8 Å². The van der Waals surface area contributed by atoms with Crippen LogP contribution in [0.5, 0.6) is 0 Å². The molecular formula is C53H33N3O. The van der Waals surface area contributed by atoms with E-state index in [-0.39, 0.29) is 0 Å². The lowest BCUT2D eigenvalue weighted by Gasteiger charge is -2.10. The van der Waals surface area contributed by atoms with E-state index in [2.05, 4.69) is 197 Å². The van der Waals surface area contributed by atoms with Crippen LogP contribution in [-0.4, -0.2) is 14.1 Å². The Kier molecular flexibility index (Phi) is 6.89. The van der Waals surface area contributed by atoms with Crippen LogP contribution in [-0.2, 0) is 0 Å². The first-order chi connectivity index (χ1) is 28.2. The summed E-state index contributed by atoms with van der Waals surface area (Å²) in [4.78, 5) is 4.77. The highest BCUT2D eigenvalue weighted by atomic mass is 16.3. The third-order valence-corrected chi connectivity index (χ3v) is 11.6. The van der Waals surface area contributed by atoms with Crippen LogP contribution in [0.15, 0.2) is 205 Å². The zero-order valence-electron chi connectivity index (χ0n) is 30.8. The lowest BCUT2D eigenvalue weighted by molar-refractivity contribution is 0.669. The number of aromatic nitrogens is 3. The summed E-state index contributed by atoms with van der Waals surface area (Å²) < 4.78 is 11.2. The van der Waals surface area contributed by atoms with Gasteiger partial charge in [0.05, 0.1) is 34.0 Å². The Morgan fingerprint density at radius 3 is 1.40 bits per heavy atom. The maximum Gasteiger partial charge on any atom is 0.135 e. The Balaban J connectivity index is 1.02. The number of rotatable bonds is 5. The van der Waals surface area contributed by atoms with E-state index in [0.29, 0.717) is 0 Å². The SMILES string of the molecule is c1ccc(-c2ccc3c(c2)c2cc(-c4ccccc4)ccc2n3-c2ccc3oc4ccc(-c5cncc(-n6c7ccccc7c7ccccc76)c5)cc4c3c2)cc1. The van der Waals surface area contributed by atoms with Gasteiger partial charge in [-0.2, -0.15) is 0 Å². The molecule has 0 saturated heterocycles. The zero-order chi connectivity index (χ0) is 37.5. The van der Waals surface area contributed by atoms with Crippen molar-refractivity contribution in [2.45, 2.75) is 0 Å². The van der Waals surface area contributed by atoms with Gasteiger partial charge >= 0.3 is 0 Å². The molecule has 0 aliphatic rings. The molecule has 0 unspecified atom stereocenters. The summed E-state index contributed by atoms with van der Waals surface area (Å²) >= 11 is 0. The van der Waals surface area contributed by atoms with Crippen molar-refractivity contribution >= 4 is 65.6 Å². The molecule has 0 aliphatic heterocycles. The second kappa shape index (κ2) is 12.4. The molecule has 4 heteroatoms. The number of para-hydroxylation sites is 2. The number of fused-ring (bicyclic) bond motifs is 9. The average Bonchev–Trinajstić information content (AvgIpc) is 3.93. The highest BCUT2D eigenvalue weighted by Gasteiger charge is 2.18. The normalized spacial score (nSPS) is 11.9. The van der Waals surface area contributed by atoms with Crippen molar-refractivity contribution in [3.05, 3.63) is 200 Å². The van der Waals surface area contributed by atoms with E-state index in [1.54, 1.807) is 0 Å². The van der Waals surface area contributed by atoms with Crippen LogP contribution < -0.4 is 0 Å². The summed E-state index contributed by atoms with van der Waals surface area (Å²) in [6.45, 7) is 0. The zero-order valence-corrected chi connectivity index (χ0v) is 30.8. The van der Waals surface area contributed by atoms with E-state index in [9.17, 15) is 0 Å². The first-order valence-electron chi connectivity index (χ1n) is 19.3. The van der Waals surface area contributed by atoms with Crippen LogP contribution in [0.4, 0.5) is 0 Å². The number of pyridine rings is 1. The van der Waals surface area contributed by atoms with Gasteiger partial charge in [0.2, 0.25) is 0 Å². The van der Waals surface area contributed by atoms with Crippen molar-refractivity contribution in [2.24, 2.45) is 0 Å². The maximum absolute atomic E-state index is 6.47. The molecule has 0 saturated carbocycles. The van der Waals surface area contributed by atoms with Gasteiger partial charge in [0.25, 0.3) is 0 Å². The fourth-order valence-electron chi connectivity index (χ4n) is 8.91. The highest BCUT2D eigenvalue weighted by Crippen LogP contribution is 2.40. The molecule has 12 aromatic rings. The first kappa shape index (κ1) is 31.6. The van der Waals surface area contributed by atoms with Gasteiger partial charge < -0.3 is 13.6 Å². The first-order valence-corrected chi connectivity index (χ1v) is 19.3. The Morgan fingerprint density at radius 2 is 0.772 bits per heavy atom. The number of nitrogens with zero attached hydrogens (tertiary/aromatic N) is 3. The minimum Gasteiger partial charge on any atom is -0.456 e. The third kappa shape index (κ3) is 4.98. The van der Waals surface area contributed by atoms with Gasteiger partial charge in [-0.1, -0.05) is 115 Å². The van der Waals surface area contributed by atoms with E-state index in [4.69, 9.17) is 9.40 Å². The molecule has 0 N–H and O–H groups in total. The summed E-state index contributed by atoms with van der Waals surface area (Å²) in [5.74, 6) is 0. The Labute approximate surface area is 328 Å². The summed E-state index contributed by atoms with van der Waals surface area (Å²) in [5.41, 5.74) is 15.4. The molecule has 0 bridgehead atoms. The fraction of sp³-hybridized carbons (Fsp3) is 0. The number of benzene rings is 8. The quantitative estimate of drug-likeness (QED) is 0.177. The van der Waals surface area contributed by atoms with Gasteiger partial charge in [0.1, 0.15) is 11.2 Å². The second-order valence-electron chi connectivity index (χ2n) is 14.8. The molecule has 4 heterocycles. The molecule has 8 aromatic carbocycles. The molecule has 0 amide bonds. The Hall–Kier alpha value is -7.69. The Bertz CT molecular complexity index is 3370. The molecule has 4 nitrogen and oxygen atoms in total. The van der Waals surface area contributed by atoms with Gasteiger partial charge in [0, 0.05) is 49.8 Å². The van der Waals surface area contributed by atoms with E-state index in [1.807, 2.05) is 12.4 Å². The van der Waals surface area contributed by atoms with Crippen LogP contribution in [0.25, 0.3) is 110 Å². The van der Waals surface area contributed by atoms with Crippen molar-refractivity contribution < 1.29 is 4.42 Å². The molecule has 4 aromatic heterocycles. The molecule has 0 fully saturated rings. The summed E-state index contributed by atoms with van der Waals surface area (Å²) in [5, 5.41) is 7.06. The van der Waals surface area contributed by atoms with Gasteiger partial charge in [-0.05, 0) is 101 Å². The number of hydrogen-bond acceptors (Lipinski definition) is 2. The van der Waals surface area contributed by atoms with Crippen LogP contribution >= 0.6 is 0 Å². The maximum atomic E-state index is 6.47. The monoisotopic (exact) mass is 727 g/mol. The minimum atomic E-state index is 0.861. The Morgan fingerprint density at radius 1 is 0.298 bits per heavy atom. The minimum absolute atomic E-state index is 0.861. The molecule has 0 aliphatic carbocycles. The van der Waals surface area contributed by atoms with Crippen molar-refractivity contribution in [2.75, 3.05) is 0 Å². The molecule has 12 rings (SSSR count). The van der Waals surface area contributed by atoms with Crippen LogP contribution in [0.3, 0.4) is 0 Å². The van der Waals surface area contributed by atoms with Gasteiger partial charge in [0.15, 0.2) is 0 Å². The van der Waals surface area contributed by atoms with E-state index >= 15 is 0 Å². The van der Waals surface area contributed by atoms with Crippen LogP contribution in [0.1, 0.15) is 0 Å². The summed E-state index contributed by atoms with van der Waals surface area (Å²) in [6, 6.07) is 67.5. The predicted octanol–water partition coefficient (Wildman–Crippen LogP) is 14.2. The standard InChI is InChI=1S/C53H33N3O/c1-3-11-34(12-4-1)36-19-23-50-44(28-36)45-29-37(35-13-5-2-6-14-35)20-24-51(45)55(50)40-22-26-53-47(31-40)46-30-38(21-25-52(46)57-53)39-27-41(33-54-32-39)56-48-17-9-7-15-42(48)43-16-8-10-18-49(43)56/h1-33H. The van der Waals surface area contributed by atoms with E-state index < -0.39 is 0 Å². The van der Waals surface area contributed by atoms with Gasteiger partial charge in [-0.3, -0.25) is 4.98 Å². The summed E-state index contributed by atoms with van der Waals surface area (Å²) in [6.07, 6.45) is 3.91. The topological polar surface area (TPSA) is 35.9 Å². The predicted molar refractivity (Wildman–Crippen MR) is 237 cm³/mol. The van der Waals surface area contributed by atoms with Crippen molar-refractivity contribution in [1.29, 1.82) is 0 Å². The number of furan rings is 1. The number of hydrogen-bond donors (Lipinski definition) is 0. The fourth-order valence-corrected chi connectivity index (χ4v) is 8.91. The van der Waals surface area contributed by atoms with Crippen LogP contribution in [0, 0.1) is 0 Å². The lowest BCUT2D eigenvalue weighted by atomic mass is 10.0. The smallest absolute Gasteiger partial charge is 0.135 e. The van der Waals surface area contributed by atoms with Crippen LogP contribution in [0.2, 0.25) is 0 Å². The summed E-state index contributed by atoms with van der Waals surface area (Å²) in [7, 11) is 0. The molecule has 0 spiro atoms. The second-order valence-corrected chi connectivity index (χ2v) is 14.8. The largest absolute Gasteiger partial charge is 0.456 e. The molecule has 0 radical (unpaired) electrons. The third-order valence-electron chi connectivity index (χ3n) is 11.6. The van der Waals surface area contributed by atoms with E-state index in [0.717, 1.165) is 55.5 Å². The molecule has 57 heavy (non-hydrogen) atoms. The van der Waals surface area contributed by atoms with Crippen molar-refractivity contribution in [3.63, 3.8) is 0 Å². The average molecular weight is 728 g/mol. The van der Waals surface area contributed by atoms with Gasteiger partial charge in [-0.15, -0.1) is 0 Å². The van der Waals surface area contributed by atoms with Gasteiger partial charge in [-0.25, -0.2) is 0 Å². The molecular weight excluding hydrogens is 695 g/mol. The lowest BCUT2D eigenvalue weighted by Crippen LogP contribution is -1.95. The molecule has 0 atom stereocenters.